The molecule has 0 aliphatic carbocycles. The van der Waals surface area contributed by atoms with Crippen molar-refractivity contribution in [1.82, 2.24) is 4.98 Å². The molecule has 1 heterocycles. The Morgan fingerprint density at radius 2 is 1.88 bits per heavy atom. The van der Waals surface area contributed by atoms with Gasteiger partial charge in [-0.15, -0.1) is 0 Å². The highest BCUT2D eigenvalue weighted by Gasteiger charge is 2.23. The number of carboxylic acids is 1. The highest BCUT2D eigenvalue weighted by Crippen LogP contribution is 2.14. The number of Topliss-reactive ketones (excluding diaryl/α,β-unsaturated/α-hetero) is 1. The fourth-order valence-corrected chi connectivity index (χ4v) is 1.54. The Morgan fingerprint density at radius 3 is 2.59 bits per heavy atom. The number of hydrogen-bond acceptors (Lipinski definition) is 3. The number of aromatic nitrogens is 1. The first-order valence-corrected chi connectivity index (χ1v) is 5.22. The molecule has 0 aliphatic heterocycles. The molecule has 0 aliphatic rings. The number of nitrogens with zero attached hydrogens (tertiary/aromatic N) is 1. The fourth-order valence-electron chi connectivity index (χ4n) is 1.54. The molecule has 0 saturated carbocycles. The number of hydrogen-bond donors (Lipinski definition) is 1. The SMILES string of the molecule is CC(C(=O)O)C(=O)c1ccc2ccccc2n1. The quantitative estimate of drug-likeness (QED) is 0.646. The summed E-state index contributed by atoms with van der Waals surface area (Å²) in [4.78, 5) is 26.7. The molecule has 0 radical (unpaired) electrons. The van der Waals surface area contributed by atoms with Gasteiger partial charge in [-0.3, -0.25) is 9.59 Å². The third-order valence-corrected chi connectivity index (χ3v) is 2.61. The van der Waals surface area contributed by atoms with E-state index in [1.807, 2.05) is 18.2 Å². The molecule has 0 saturated heterocycles. The number of carbonyl (C=O) groups is 2. The Kier molecular flexibility index (Phi) is 2.87. The van der Waals surface area contributed by atoms with Crippen LogP contribution < -0.4 is 0 Å². The molecular formula is C13H11NO3. The van der Waals surface area contributed by atoms with Gasteiger partial charge >= 0.3 is 5.97 Å². The molecule has 17 heavy (non-hydrogen) atoms. The van der Waals surface area contributed by atoms with Crippen molar-refractivity contribution in [1.29, 1.82) is 0 Å². The summed E-state index contributed by atoms with van der Waals surface area (Å²) in [6.45, 7) is 1.36. The molecule has 0 spiro atoms. The average Bonchev–Trinajstić information content (AvgIpc) is 2.36. The van der Waals surface area contributed by atoms with Crippen molar-refractivity contribution in [2.75, 3.05) is 0 Å². The fraction of sp³-hybridized carbons (Fsp3) is 0.154. The summed E-state index contributed by atoms with van der Waals surface area (Å²) in [5.41, 5.74) is 0.884. The minimum atomic E-state index is -1.13. The second kappa shape index (κ2) is 4.33. The van der Waals surface area contributed by atoms with Gasteiger partial charge in [-0.05, 0) is 19.1 Å². The zero-order chi connectivity index (χ0) is 12.4. The van der Waals surface area contributed by atoms with Crippen molar-refractivity contribution >= 4 is 22.7 Å². The van der Waals surface area contributed by atoms with E-state index >= 15 is 0 Å². The lowest BCUT2D eigenvalue weighted by Crippen LogP contribution is -2.21. The van der Waals surface area contributed by atoms with Gasteiger partial charge in [0.05, 0.1) is 5.52 Å². The van der Waals surface area contributed by atoms with Crippen LogP contribution in [-0.4, -0.2) is 21.8 Å². The Morgan fingerprint density at radius 1 is 1.18 bits per heavy atom. The van der Waals surface area contributed by atoms with E-state index in [1.54, 1.807) is 18.2 Å². The van der Waals surface area contributed by atoms with Crippen LogP contribution in [-0.2, 0) is 4.79 Å². The van der Waals surface area contributed by atoms with Crippen molar-refractivity contribution in [2.45, 2.75) is 6.92 Å². The number of rotatable bonds is 3. The monoisotopic (exact) mass is 229 g/mol. The first kappa shape index (κ1) is 11.3. The van der Waals surface area contributed by atoms with E-state index < -0.39 is 17.7 Å². The molecule has 1 unspecified atom stereocenters. The van der Waals surface area contributed by atoms with Crippen LogP contribution in [0.5, 0.6) is 0 Å². The summed E-state index contributed by atoms with van der Waals surface area (Å²) < 4.78 is 0. The van der Waals surface area contributed by atoms with Crippen LogP contribution in [0, 0.1) is 5.92 Å². The number of benzene rings is 1. The van der Waals surface area contributed by atoms with Crippen molar-refractivity contribution < 1.29 is 14.7 Å². The molecule has 0 fully saturated rings. The average molecular weight is 229 g/mol. The molecular weight excluding hydrogens is 218 g/mol. The molecule has 4 heteroatoms. The normalized spacial score (nSPS) is 12.3. The number of fused-ring (bicyclic) bond motifs is 1. The van der Waals surface area contributed by atoms with Gasteiger partial charge in [-0.25, -0.2) is 4.98 Å². The molecule has 0 bridgehead atoms. The largest absolute Gasteiger partial charge is 0.481 e. The first-order valence-electron chi connectivity index (χ1n) is 5.22. The van der Waals surface area contributed by atoms with E-state index in [0.29, 0.717) is 5.52 Å². The van der Waals surface area contributed by atoms with Gasteiger partial charge in [0.25, 0.3) is 0 Å². The zero-order valence-corrected chi connectivity index (χ0v) is 9.25. The summed E-state index contributed by atoms with van der Waals surface area (Å²) in [5.74, 6) is -2.67. The van der Waals surface area contributed by atoms with Gasteiger partial charge in [0.2, 0.25) is 0 Å². The molecule has 2 aromatic rings. The van der Waals surface area contributed by atoms with Gasteiger partial charge in [-0.1, -0.05) is 24.3 Å². The van der Waals surface area contributed by atoms with Gasteiger partial charge in [0.1, 0.15) is 11.6 Å². The second-order valence-corrected chi connectivity index (χ2v) is 3.81. The molecule has 0 amide bonds. The summed E-state index contributed by atoms with van der Waals surface area (Å²) in [6, 6.07) is 10.7. The summed E-state index contributed by atoms with van der Waals surface area (Å²) >= 11 is 0. The molecule has 1 aromatic carbocycles. The predicted molar refractivity (Wildman–Crippen MR) is 62.9 cm³/mol. The Bertz CT molecular complexity index is 592. The van der Waals surface area contributed by atoms with E-state index in [0.717, 1.165) is 5.39 Å². The number of para-hydroxylation sites is 1. The maximum absolute atomic E-state index is 11.8. The Hall–Kier alpha value is -2.23. The van der Waals surface area contributed by atoms with Crippen LogP contribution >= 0.6 is 0 Å². The third-order valence-electron chi connectivity index (χ3n) is 2.61. The van der Waals surface area contributed by atoms with Gasteiger partial charge in [0, 0.05) is 5.39 Å². The van der Waals surface area contributed by atoms with E-state index in [9.17, 15) is 9.59 Å². The van der Waals surface area contributed by atoms with E-state index in [2.05, 4.69) is 4.98 Å². The molecule has 2 rings (SSSR count). The molecule has 4 nitrogen and oxygen atoms in total. The smallest absolute Gasteiger partial charge is 0.314 e. The summed E-state index contributed by atoms with van der Waals surface area (Å²) in [5, 5.41) is 9.70. The summed E-state index contributed by atoms with van der Waals surface area (Å²) in [6.07, 6.45) is 0. The molecule has 1 atom stereocenters. The minimum Gasteiger partial charge on any atom is -0.481 e. The van der Waals surface area contributed by atoms with Crippen LogP contribution in [0.3, 0.4) is 0 Å². The first-order chi connectivity index (χ1) is 8.09. The van der Waals surface area contributed by atoms with Crippen molar-refractivity contribution in [3.63, 3.8) is 0 Å². The van der Waals surface area contributed by atoms with E-state index in [-0.39, 0.29) is 5.69 Å². The van der Waals surface area contributed by atoms with Gasteiger partial charge in [0.15, 0.2) is 5.78 Å². The number of carbonyl (C=O) groups excluding carboxylic acids is 1. The second-order valence-electron chi connectivity index (χ2n) is 3.81. The highest BCUT2D eigenvalue weighted by atomic mass is 16.4. The third kappa shape index (κ3) is 2.15. The number of pyridine rings is 1. The van der Waals surface area contributed by atoms with Crippen molar-refractivity contribution in [2.24, 2.45) is 5.92 Å². The Balaban J connectivity index is 2.43. The minimum absolute atomic E-state index is 0.193. The lowest BCUT2D eigenvalue weighted by molar-refractivity contribution is -0.139. The lowest BCUT2D eigenvalue weighted by atomic mass is 10.0. The van der Waals surface area contributed by atoms with Crippen LogP contribution in [0.4, 0.5) is 0 Å². The van der Waals surface area contributed by atoms with Crippen LogP contribution in [0.15, 0.2) is 36.4 Å². The van der Waals surface area contributed by atoms with E-state index in [4.69, 9.17) is 5.11 Å². The number of ketones is 1. The maximum Gasteiger partial charge on any atom is 0.314 e. The van der Waals surface area contributed by atoms with Gasteiger partial charge in [-0.2, -0.15) is 0 Å². The van der Waals surface area contributed by atoms with Crippen LogP contribution in [0.2, 0.25) is 0 Å². The highest BCUT2D eigenvalue weighted by molar-refractivity contribution is 6.07. The number of aliphatic carboxylic acids is 1. The van der Waals surface area contributed by atoms with E-state index in [1.165, 1.54) is 6.92 Å². The summed E-state index contributed by atoms with van der Waals surface area (Å²) in [7, 11) is 0. The number of carboxylic acid groups (broad SMARTS) is 1. The standard InChI is InChI=1S/C13H11NO3/c1-8(13(16)17)12(15)11-7-6-9-4-2-3-5-10(9)14-11/h2-8H,1H3,(H,16,17). The van der Waals surface area contributed by atoms with Crippen LogP contribution in [0.1, 0.15) is 17.4 Å². The molecule has 1 N–H and O–H groups in total. The van der Waals surface area contributed by atoms with Crippen LogP contribution in [0.25, 0.3) is 10.9 Å². The zero-order valence-electron chi connectivity index (χ0n) is 9.25. The van der Waals surface area contributed by atoms with Crippen molar-refractivity contribution in [3.8, 4) is 0 Å². The van der Waals surface area contributed by atoms with Crippen molar-refractivity contribution in [3.05, 3.63) is 42.1 Å². The predicted octanol–water partition coefficient (Wildman–Crippen LogP) is 2.14. The van der Waals surface area contributed by atoms with Gasteiger partial charge < -0.3 is 5.11 Å². The lowest BCUT2D eigenvalue weighted by Gasteiger charge is -2.05. The maximum atomic E-state index is 11.8. The Labute approximate surface area is 97.9 Å². The topological polar surface area (TPSA) is 67.3 Å². The molecule has 86 valence electrons. The molecule has 1 aromatic heterocycles.